The van der Waals surface area contributed by atoms with E-state index in [0.717, 1.165) is 11.5 Å². The molecular formula is C12H11FN4. The van der Waals surface area contributed by atoms with Crippen LogP contribution in [-0.4, -0.2) is 9.97 Å². The molecule has 4 nitrogen and oxygen atoms in total. The number of H-pyrrole nitrogens is 1. The third-order valence-corrected chi connectivity index (χ3v) is 2.33. The number of anilines is 1. The quantitative estimate of drug-likeness (QED) is 0.850. The van der Waals surface area contributed by atoms with E-state index in [9.17, 15) is 4.39 Å². The highest BCUT2D eigenvalue weighted by Crippen LogP contribution is 2.14. The molecule has 1 heterocycles. The fourth-order valence-corrected chi connectivity index (χ4v) is 1.48. The molecule has 0 fully saturated rings. The maximum Gasteiger partial charge on any atom is 0.141 e. The van der Waals surface area contributed by atoms with Crippen molar-refractivity contribution in [3.8, 4) is 6.07 Å². The summed E-state index contributed by atoms with van der Waals surface area (Å²) in [7, 11) is 0. The normalized spacial score (nSPS) is 9.94. The van der Waals surface area contributed by atoms with E-state index >= 15 is 0 Å². The minimum absolute atomic E-state index is 0.0378. The number of aromatic nitrogens is 2. The van der Waals surface area contributed by atoms with Crippen molar-refractivity contribution in [2.45, 2.75) is 13.5 Å². The molecule has 2 aromatic rings. The number of benzene rings is 1. The van der Waals surface area contributed by atoms with Crippen LogP contribution in [0.3, 0.4) is 0 Å². The van der Waals surface area contributed by atoms with Gasteiger partial charge in [-0.25, -0.2) is 9.37 Å². The molecule has 5 heteroatoms. The van der Waals surface area contributed by atoms with E-state index in [1.165, 1.54) is 12.1 Å². The van der Waals surface area contributed by atoms with Crippen molar-refractivity contribution in [3.05, 3.63) is 47.3 Å². The van der Waals surface area contributed by atoms with Gasteiger partial charge < -0.3 is 10.3 Å². The summed E-state index contributed by atoms with van der Waals surface area (Å²) in [4.78, 5) is 7.14. The number of nitrogens with zero attached hydrogens (tertiary/aromatic N) is 2. The maximum absolute atomic E-state index is 13.1. The lowest BCUT2D eigenvalue weighted by molar-refractivity contribution is 0.624. The zero-order valence-electron chi connectivity index (χ0n) is 9.29. The smallest absolute Gasteiger partial charge is 0.141 e. The summed E-state index contributed by atoms with van der Waals surface area (Å²) in [6.45, 7) is 2.42. The molecule has 0 aliphatic rings. The van der Waals surface area contributed by atoms with Gasteiger partial charge in [-0.1, -0.05) is 0 Å². The molecule has 0 aliphatic heterocycles. The predicted octanol–water partition coefficient (Wildman–Crippen LogP) is 2.34. The second-order valence-electron chi connectivity index (χ2n) is 3.65. The van der Waals surface area contributed by atoms with Crippen LogP contribution in [0.4, 0.5) is 10.1 Å². The van der Waals surface area contributed by atoms with Crippen molar-refractivity contribution in [2.24, 2.45) is 0 Å². The van der Waals surface area contributed by atoms with Crippen molar-refractivity contribution >= 4 is 5.69 Å². The lowest BCUT2D eigenvalue weighted by atomic mass is 10.2. The molecule has 0 saturated heterocycles. The molecule has 2 N–H and O–H groups in total. The van der Waals surface area contributed by atoms with Crippen molar-refractivity contribution < 1.29 is 4.39 Å². The van der Waals surface area contributed by atoms with Crippen LogP contribution in [0.2, 0.25) is 0 Å². The summed E-state index contributed by atoms with van der Waals surface area (Å²) in [5, 5.41) is 11.8. The predicted molar refractivity (Wildman–Crippen MR) is 61.8 cm³/mol. The Balaban J connectivity index is 2.07. The Bertz CT molecular complexity index is 568. The second kappa shape index (κ2) is 4.66. The van der Waals surface area contributed by atoms with E-state index in [1.807, 2.05) is 6.92 Å². The maximum atomic E-state index is 13.1. The van der Waals surface area contributed by atoms with Gasteiger partial charge in [0.25, 0.3) is 0 Å². The van der Waals surface area contributed by atoms with Gasteiger partial charge >= 0.3 is 0 Å². The third-order valence-electron chi connectivity index (χ3n) is 2.33. The Hall–Kier alpha value is -2.35. The van der Waals surface area contributed by atoms with Crippen molar-refractivity contribution in [1.29, 1.82) is 5.26 Å². The van der Waals surface area contributed by atoms with E-state index < -0.39 is 5.82 Å². The highest BCUT2D eigenvalue weighted by Gasteiger charge is 2.03. The first-order chi connectivity index (χ1) is 8.19. The van der Waals surface area contributed by atoms with Crippen LogP contribution < -0.4 is 5.32 Å². The van der Waals surface area contributed by atoms with Crippen LogP contribution in [0, 0.1) is 24.1 Å². The molecule has 0 amide bonds. The number of nitrogens with one attached hydrogen (secondary N) is 2. The van der Waals surface area contributed by atoms with E-state index in [2.05, 4.69) is 15.3 Å². The Labute approximate surface area is 98.1 Å². The van der Waals surface area contributed by atoms with E-state index in [-0.39, 0.29) is 5.56 Å². The summed E-state index contributed by atoms with van der Waals surface area (Å²) in [5.41, 5.74) is 1.68. The SMILES string of the molecule is Cc1ncc(CNc2ccc(F)c(C#N)c2)[nH]1. The zero-order chi connectivity index (χ0) is 12.3. The number of hydrogen-bond donors (Lipinski definition) is 2. The lowest BCUT2D eigenvalue weighted by Gasteiger charge is -2.05. The summed E-state index contributed by atoms with van der Waals surface area (Å²) >= 11 is 0. The van der Waals surface area contributed by atoms with Gasteiger partial charge in [-0.3, -0.25) is 0 Å². The molecular weight excluding hydrogens is 219 g/mol. The second-order valence-corrected chi connectivity index (χ2v) is 3.65. The molecule has 0 saturated carbocycles. The standard InChI is InChI=1S/C12H11FN4/c1-8-15-6-11(17-8)7-16-10-2-3-12(13)9(4-10)5-14/h2-4,6,16H,7H2,1H3,(H,15,17). The molecule has 1 aromatic heterocycles. The first kappa shape index (κ1) is 11.1. The first-order valence-corrected chi connectivity index (χ1v) is 5.13. The average Bonchev–Trinajstić information content (AvgIpc) is 2.74. The largest absolute Gasteiger partial charge is 0.379 e. The fourth-order valence-electron chi connectivity index (χ4n) is 1.48. The van der Waals surface area contributed by atoms with Crippen LogP contribution in [0.1, 0.15) is 17.1 Å². The van der Waals surface area contributed by atoms with Gasteiger partial charge in [0, 0.05) is 5.69 Å². The highest BCUT2D eigenvalue weighted by molar-refractivity contribution is 5.49. The van der Waals surface area contributed by atoms with Crippen LogP contribution in [0.15, 0.2) is 24.4 Å². The summed E-state index contributed by atoms with van der Waals surface area (Å²) in [6, 6.07) is 6.16. The number of hydrogen-bond acceptors (Lipinski definition) is 3. The van der Waals surface area contributed by atoms with Crippen LogP contribution in [0.25, 0.3) is 0 Å². The molecule has 17 heavy (non-hydrogen) atoms. The number of aromatic amines is 1. The Kier molecular flexibility index (Phi) is 3.06. The Morgan fingerprint density at radius 1 is 1.53 bits per heavy atom. The van der Waals surface area contributed by atoms with E-state index in [0.29, 0.717) is 12.2 Å². The van der Waals surface area contributed by atoms with Gasteiger partial charge in [-0.2, -0.15) is 5.26 Å². The number of imidazole rings is 1. The van der Waals surface area contributed by atoms with Crippen LogP contribution >= 0.6 is 0 Å². The molecule has 0 unspecified atom stereocenters. The van der Waals surface area contributed by atoms with Gasteiger partial charge in [-0.05, 0) is 25.1 Å². The van der Waals surface area contributed by atoms with Crippen molar-refractivity contribution in [1.82, 2.24) is 9.97 Å². The van der Waals surface area contributed by atoms with Gasteiger partial charge in [0.15, 0.2) is 0 Å². The van der Waals surface area contributed by atoms with E-state index in [4.69, 9.17) is 5.26 Å². The zero-order valence-corrected chi connectivity index (χ0v) is 9.29. The van der Waals surface area contributed by atoms with Gasteiger partial charge in [0.05, 0.1) is 24.0 Å². The van der Waals surface area contributed by atoms with Crippen LogP contribution in [-0.2, 0) is 6.54 Å². The average molecular weight is 230 g/mol. The molecule has 0 radical (unpaired) electrons. The third kappa shape index (κ3) is 2.61. The highest BCUT2D eigenvalue weighted by atomic mass is 19.1. The summed E-state index contributed by atoms with van der Waals surface area (Å²) in [6.07, 6.45) is 1.73. The number of nitriles is 1. The molecule has 0 aliphatic carbocycles. The molecule has 1 aromatic carbocycles. The Morgan fingerprint density at radius 2 is 2.35 bits per heavy atom. The minimum atomic E-state index is -0.504. The number of aryl methyl sites for hydroxylation is 1. The number of rotatable bonds is 3. The summed E-state index contributed by atoms with van der Waals surface area (Å²) < 4.78 is 13.1. The van der Waals surface area contributed by atoms with Gasteiger partial charge in [0.1, 0.15) is 17.7 Å². The first-order valence-electron chi connectivity index (χ1n) is 5.13. The van der Waals surface area contributed by atoms with E-state index in [1.54, 1.807) is 18.3 Å². The molecule has 2 rings (SSSR count). The molecule has 0 bridgehead atoms. The Morgan fingerprint density at radius 3 is 3.00 bits per heavy atom. The monoisotopic (exact) mass is 230 g/mol. The van der Waals surface area contributed by atoms with Gasteiger partial charge in [-0.15, -0.1) is 0 Å². The van der Waals surface area contributed by atoms with Crippen molar-refractivity contribution in [3.63, 3.8) is 0 Å². The topological polar surface area (TPSA) is 64.5 Å². The summed E-state index contributed by atoms with van der Waals surface area (Å²) in [5.74, 6) is 0.342. The fraction of sp³-hybridized carbons (Fsp3) is 0.167. The molecule has 86 valence electrons. The van der Waals surface area contributed by atoms with Gasteiger partial charge in [0.2, 0.25) is 0 Å². The van der Waals surface area contributed by atoms with Crippen molar-refractivity contribution in [2.75, 3.05) is 5.32 Å². The van der Waals surface area contributed by atoms with Crippen LogP contribution in [0.5, 0.6) is 0 Å². The molecule has 0 atom stereocenters. The minimum Gasteiger partial charge on any atom is -0.379 e. The number of halogens is 1. The molecule has 0 spiro atoms. The lowest BCUT2D eigenvalue weighted by Crippen LogP contribution is -2.00.